The Hall–Kier alpha value is -5.33. The molecule has 0 spiro atoms. The number of hydrogen-bond acceptors (Lipinski definition) is 10. The van der Waals surface area contributed by atoms with Crippen LogP contribution in [-0.2, 0) is 9.53 Å². The molecule has 10 nitrogen and oxygen atoms in total. The van der Waals surface area contributed by atoms with Crippen molar-refractivity contribution in [2.24, 2.45) is 0 Å². The molecule has 2 heterocycles. The predicted molar refractivity (Wildman–Crippen MR) is 170 cm³/mol. The van der Waals surface area contributed by atoms with E-state index >= 15 is 0 Å². The van der Waals surface area contributed by atoms with E-state index in [1.165, 1.54) is 6.92 Å². The molecule has 0 aliphatic rings. The number of fused-ring (bicyclic) bond motifs is 6. The van der Waals surface area contributed by atoms with Crippen LogP contribution in [-0.4, -0.2) is 40.8 Å². The quantitative estimate of drug-likeness (QED) is 0.119. The van der Waals surface area contributed by atoms with Gasteiger partial charge in [0.1, 0.15) is 22.6 Å². The smallest absolute Gasteiger partial charge is 0.349 e. The lowest BCUT2D eigenvalue weighted by molar-refractivity contribution is -0.146. The molecule has 44 heavy (non-hydrogen) atoms. The van der Waals surface area contributed by atoms with Gasteiger partial charge in [0, 0.05) is 20.2 Å². The van der Waals surface area contributed by atoms with Crippen LogP contribution in [0.5, 0.6) is 11.5 Å². The first kappa shape index (κ1) is 28.8. The second-order valence-electron chi connectivity index (χ2n) is 9.68. The van der Waals surface area contributed by atoms with Crippen molar-refractivity contribution in [3.05, 3.63) is 103 Å². The molecule has 4 aromatic carbocycles. The highest BCUT2D eigenvalue weighted by molar-refractivity contribution is 7.17. The average Bonchev–Trinajstić information content (AvgIpc) is 3.00. The van der Waals surface area contributed by atoms with Crippen LogP contribution in [0.4, 0.5) is 0 Å². The van der Waals surface area contributed by atoms with E-state index in [9.17, 15) is 34.2 Å². The van der Waals surface area contributed by atoms with Gasteiger partial charge in [-0.3, -0.25) is 19.2 Å². The molecule has 4 N–H and O–H groups in total. The van der Waals surface area contributed by atoms with Crippen molar-refractivity contribution in [2.75, 3.05) is 6.61 Å². The summed E-state index contributed by atoms with van der Waals surface area (Å²) < 4.78 is 4.34. The predicted octanol–water partition coefficient (Wildman–Crippen LogP) is 4.60. The molecule has 220 valence electrons. The number of amides is 2. The third-order valence-electron chi connectivity index (χ3n) is 7.07. The van der Waals surface area contributed by atoms with Crippen molar-refractivity contribution in [3.63, 3.8) is 0 Å². The highest BCUT2D eigenvalue weighted by Gasteiger charge is 2.31. The maximum atomic E-state index is 13.4. The summed E-state index contributed by atoms with van der Waals surface area (Å²) in [5.74, 6) is -4.59. The lowest BCUT2D eigenvalue weighted by atomic mass is 10.0. The van der Waals surface area contributed by atoms with E-state index in [1.54, 1.807) is 60.7 Å². The van der Waals surface area contributed by atoms with Gasteiger partial charge in [0.25, 0.3) is 11.8 Å². The summed E-state index contributed by atoms with van der Waals surface area (Å²) in [6.07, 6.45) is -1.88. The average molecular weight is 627 g/mol. The SMILES string of the molecule is CCOC(=O)C(NC(=O)c1c(O)c2c(ccc3ccccc32)sc1=O)NC(=O)c1c(O)c2c(ccc3ccccc32)sc1=O. The van der Waals surface area contributed by atoms with Crippen molar-refractivity contribution in [1.29, 1.82) is 0 Å². The zero-order chi connectivity index (χ0) is 31.1. The molecule has 0 bridgehead atoms. The Kier molecular flexibility index (Phi) is 7.45. The molecule has 0 saturated carbocycles. The van der Waals surface area contributed by atoms with E-state index in [4.69, 9.17) is 4.74 Å². The summed E-state index contributed by atoms with van der Waals surface area (Å²) in [5.41, 5.74) is -1.26. The molecule has 2 aromatic heterocycles. The van der Waals surface area contributed by atoms with Gasteiger partial charge in [-0.15, -0.1) is 0 Å². The molecule has 0 radical (unpaired) electrons. The zero-order valence-corrected chi connectivity index (χ0v) is 24.5. The van der Waals surface area contributed by atoms with Crippen LogP contribution in [0.1, 0.15) is 27.6 Å². The minimum Gasteiger partial charge on any atom is -0.506 e. The Balaban J connectivity index is 1.39. The Morgan fingerprint density at radius 3 is 1.57 bits per heavy atom. The summed E-state index contributed by atoms with van der Waals surface area (Å²) in [6, 6.07) is 21.1. The molecule has 0 fully saturated rings. The molecular weight excluding hydrogens is 604 g/mol. The molecule has 0 aliphatic carbocycles. The number of aromatic hydroxyl groups is 2. The van der Waals surface area contributed by atoms with Crippen molar-refractivity contribution in [1.82, 2.24) is 10.6 Å². The minimum atomic E-state index is -1.88. The summed E-state index contributed by atoms with van der Waals surface area (Å²) in [7, 11) is 0. The Bertz CT molecular complexity index is 2140. The van der Waals surface area contributed by atoms with Gasteiger partial charge in [0.2, 0.25) is 15.7 Å². The third-order valence-corrected chi connectivity index (χ3v) is 8.97. The number of rotatable bonds is 6. The first-order valence-electron chi connectivity index (χ1n) is 13.3. The first-order valence-corrected chi connectivity index (χ1v) is 15.0. The zero-order valence-electron chi connectivity index (χ0n) is 22.9. The van der Waals surface area contributed by atoms with Gasteiger partial charge in [-0.25, -0.2) is 4.79 Å². The summed E-state index contributed by atoms with van der Waals surface area (Å²) >= 11 is 1.47. The largest absolute Gasteiger partial charge is 0.506 e. The van der Waals surface area contributed by atoms with Crippen LogP contribution in [0, 0.1) is 0 Å². The highest BCUT2D eigenvalue weighted by atomic mass is 32.1. The van der Waals surface area contributed by atoms with Gasteiger partial charge in [0.05, 0.1) is 6.61 Å². The molecule has 12 heteroatoms. The fourth-order valence-electron chi connectivity index (χ4n) is 5.09. The third kappa shape index (κ3) is 4.89. The fourth-order valence-corrected chi connectivity index (χ4v) is 6.97. The van der Waals surface area contributed by atoms with Gasteiger partial charge in [0.15, 0.2) is 0 Å². The number of nitrogens with one attached hydrogen (secondary N) is 2. The maximum Gasteiger partial charge on any atom is 0.349 e. The second-order valence-corrected chi connectivity index (χ2v) is 11.7. The van der Waals surface area contributed by atoms with Crippen LogP contribution in [0.15, 0.2) is 82.4 Å². The van der Waals surface area contributed by atoms with Crippen molar-refractivity contribution >= 4 is 82.2 Å². The van der Waals surface area contributed by atoms with E-state index < -0.39 is 56.1 Å². The van der Waals surface area contributed by atoms with Gasteiger partial charge in [-0.05, 0) is 40.6 Å². The van der Waals surface area contributed by atoms with E-state index in [-0.39, 0.29) is 17.4 Å². The topological polar surface area (TPSA) is 159 Å². The van der Waals surface area contributed by atoms with Crippen molar-refractivity contribution in [2.45, 2.75) is 13.1 Å². The Labute approximate surface area is 255 Å². The van der Waals surface area contributed by atoms with E-state index in [1.807, 2.05) is 12.1 Å². The molecular formula is C32H22N2O8S2. The van der Waals surface area contributed by atoms with Crippen LogP contribution < -0.4 is 20.1 Å². The van der Waals surface area contributed by atoms with Gasteiger partial charge >= 0.3 is 5.97 Å². The number of ether oxygens (including phenoxy) is 1. The standard InChI is InChI=1S/C32H22N2O8S2/c1-2-42-30(39)27(33-28(37)23-25(35)21-17-9-5-3-7-15(17)11-13-19(21)43-31(23)40)34-29(38)24-26(36)22-18-10-6-4-8-16(18)12-14-20(22)44-32(24)41/h3-14,27,35-36H,2H2,1H3,(H,33,37)(H,34,38). The lowest BCUT2D eigenvalue weighted by Crippen LogP contribution is -2.54. The van der Waals surface area contributed by atoms with Gasteiger partial charge < -0.3 is 25.6 Å². The number of benzene rings is 4. The van der Waals surface area contributed by atoms with Gasteiger partial charge in [-0.1, -0.05) is 83.3 Å². The van der Waals surface area contributed by atoms with Crippen LogP contribution >= 0.6 is 22.7 Å². The normalized spacial score (nSPS) is 11.3. The Morgan fingerprint density at radius 1 is 0.705 bits per heavy atom. The molecule has 6 rings (SSSR count). The van der Waals surface area contributed by atoms with E-state index in [2.05, 4.69) is 10.6 Å². The molecule has 0 unspecified atom stereocenters. The minimum absolute atomic E-state index is 0.120. The fraction of sp³-hybridized carbons (Fsp3) is 0.0938. The second kappa shape index (κ2) is 11.4. The number of carbonyl (C=O) groups is 3. The number of carbonyl (C=O) groups excluding carboxylic acids is 3. The van der Waals surface area contributed by atoms with Crippen molar-refractivity contribution < 1.29 is 29.3 Å². The van der Waals surface area contributed by atoms with E-state index in [0.717, 1.165) is 33.4 Å². The van der Waals surface area contributed by atoms with Crippen LogP contribution in [0.3, 0.4) is 0 Å². The summed E-state index contributed by atoms with van der Waals surface area (Å²) in [5, 5.41) is 30.1. The lowest BCUT2D eigenvalue weighted by Gasteiger charge is -2.19. The van der Waals surface area contributed by atoms with Crippen LogP contribution in [0.2, 0.25) is 0 Å². The van der Waals surface area contributed by atoms with E-state index in [0.29, 0.717) is 20.2 Å². The van der Waals surface area contributed by atoms with Crippen molar-refractivity contribution in [3.8, 4) is 11.5 Å². The molecule has 0 atom stereocenters. The maximum absolute atomic E-state index is 13.4. The molecule has 2 amide bonds. The van der Waals surface area contributed by atoms with Crippen LogP contribution in [0.25, 0.3) is 41.7 Å². The Morgan fingerprint density at radius 2 is 1.14 bits per heavy atom. The summed E-state index contributed by atoms with van der Waals surface area (Å²) in [4.78, 5) is 65.7. The molecule has 0 saturated heterocycles. The highest BCUT2D eigenvalue weighted by Crippen LogP contribution is 2.36. The first-order chi connectivity index (χ1) is 21.2. The number of hydrogen-bond donors (Lipinski definition) is 4. The molecule has 6 aromatic rings. The van der Waals surface area contributed by atoms with Gasteiger partial charge in [-0.2, -0.15) is 0 Å². The summed E-state index contributed by atoms with van der Waals surface area (Å²) in [6.45, 7) is 1.39. The number of esters is 1. The molecule has 0 aliphatic heterocycles. The monoisotopic (exact) mass is 626 g/mol.